The number of hydrogen-bond acceptors (Lipinski definition) is 3. The Morgan fingerprint density at radius 2 is 1.83 bits per heavy atom. The first-order valence-corrected chi connectivity index (χ1v) is 8.46. The molecule has 0 aliphatic carbocycles. The number of nitrogens with zero attached hydrogens (tertiary/aromatic N) is 2. The quantitative estimate of drug-likeness (QED) is 0.399. The smallest absolute Gasteiger partial charge is 0.269 e. The highest BCUT2D eigenvalue weighted by molar-refractivity contribution is 9.10. The lowest BCUT2D eigenvalue weighted by atomic mass is 10.3. The first-order valence-electron chi connectivity index (χ1n) is 6.44. The van der Waals surface area contributed by atoms with Gasteiger partial charge in [0, 0.05) is 10.5 Å². The molecule has 0 fully saturated rings. The summed E-state index contributed by atoms with van der Waals surface area (Å²) >= 11 is 3.88. The third-order valence-electron chi connectivity index (χ3n) is 2.51. The predicted octanol–water partition coefficient (Wildman–Crippen LogP) is 4.90. The van der Waals surface area contributed by atoms with Crippen LogP contribution in [0, 0.1) is 5.82 Å². The minimum absolute atomic E-state index is 0.159. The molecule has 0 radical (unpaired) electrons. The molecular weight excluding hydrogens is 400 g/mol. The lowest BCUT2D eigenvalue weighted by molar-refractivity contribution is -0.141. The van der Waals surface area contributed by atoms with Crippen molar-refractivity contribution in [2.75, 3.05) is 6.26 Å². The minimum Gasteiger partial charge on any atom is -0.269 e. The van der Waals surface area contributed by atoms with Gasteiger partial charge in [-0.25, -0.2) is 9.37 Å². The van der Waals surface area contributed by atoms with Gasteiger partial charge in [0.15, 0.2) is 10.9 Å². The normalized spacial score (nSPS) is 11.0. The van der Waals surface area contributed by atoms with E-state index in [4.69, 9.17) is 0 Å². The lowest BCUT2D eigenvalue weighted by Crippen LogP contribution is -2.25. The first-order chi connectivity index (χ1) is 10.7. The monoisotopic (exact) mass is 412 g/mol. The number of hydrogen-bond donors (Lipinski definition) is 0. The molecule has 1 aromatic heterocycles. The van der Waals surface area contributed by atoms with Crippen molar-refractivity contribution in [1.82, 2.24) is 9.55 Å². The summed E-state index contributed by atoms with van der Waals surface area (Å²) in [4.78, 5) is 15.3. The zero-order valence-corrected chi connectivity index (χ0v) is 14.8. The Morgan fingerprint density at radius 3 is 2.30 bits per heavy atom. The minimum atomic E-state index is -4.74. The number of rotatable bonds is 2. The van der Waals surface area contributed by atoms with Crippen LogP contribution in [0.25, 0.3) is 5.69 Å². The van der Waals surface area contributed by atoms with Gasteiger partial charge in [0.2, 0.25) is 0 Å². The SMILES string of the molecule is CC.CSc1nc(C(F)(F)F)cc(=O)n1-c1ccc(Br)cc1F. The maximum absolute atomic E-state index is 13.9. The highest BCUT2D eigenvalue weighted by atomic mass is 79.9. The Hall–Kier alpha value is -1.35. The van der Waals surface area contributed by atoms with E-state index in [1.54, 1.807) is 0 Å². The van der Waals surface area contributed by atoms with E-state index in [-0.39, 0.29) is 10.8 Å². The summed E-state index contributed by atoms with van der Waals surface area (Å²) in [6, 6.07) is 4.23. The van der Waals surface area contributed by atoms with Crippen LogP contribution in [0.15, 0.2) is 38.7 Å². The van der Waals surface area contributed by atoms with Crippen LogP contribution in [0.1, 0.15) is 19.5 Å². The number of alkyl halides is 3. The third kappa shape index (κ3) is 4.57. The second-order valence-corrected chi connectivity index (χ2v) is 5.58. The number of halogens is 5. The molecule has 0 amide bonds. The van der Waals surface area contributed by atoms with Crippen LogP contribution in [0.2, 0.25) is 0 Å². The van der Waals surface area contributed by atoms with Gasteiger partial charge in [0.05, 0.1) is 5.69 Å². The zero-order chi connectivity index (χ0) is 17.8. The fraction of sp³-hybridized carbons (Fsp3) is 0.286. The summed E-state index contributed by atoms with van der Waals surface area (Å²) in [7, 11) is 0. The van der Waals surface area contributed by atoms with Crippen molar-refractivity contribution >= 4 is 27.7 Å². The van der Waals surface area contributed by atoms with E-state index < -0.39 is 23.2 Å². The third-order valence-corrected chi connectivity index (χ3v) is 3.64. The molecule has 0 bridgehead atoms. The summed E-state index contributed by atoms with van der Waals surface area (Å²) in [5, 5.41) is -0.240. The van der Waals surface area contributed by atoms with Crippen molar-refractivity contribution in [2.45, 2.75) is 25.2 Å². The van der Waals surface area contributed by atoms with Gasteiger partial charge in [0.1, 0.15) is 5.82 Å². The van der Waals surface area contributed by atoms with Crippen molar-refractivity contribution in [3.63, 3.8) is 0 Å². The second-order valence-electron chi connectivity index (χ2n) is 3.90. The molecule has 126 valence electrons. The van der Waals surface area contributed by atoms with Gasteiger partial charge >= 0.3 is 6.18 Å². The lowest BCUT2D eigenvalue weighted by Gasteiger charge is -2.13. The van der Waals surface area contributed by atoms with E-state index in [0.29, 0.717) is 10.5 Å². The van der Waals surface area contributed by atoms with Crippen LogP contribution >= 0.6 is 27.7 Å². The van der Waals surface area contributed by atoms with Crippen molar-refractivity contribution in [3.05, 3.63) is 50.6 Å². The van der Waals surface area contributed by atoms with Gasteiger partial charge in [0.25, 0.3) is 5.56 Å². The average Bonchev–Trinajstić information content (AvgIpc) is 2.48. The van der Waals surface area contributed by atoms with Crippen LogP contribution in [0.4, 0.5) is 17.6 Å². The summed E-state index contributed by atoms with van der Waals surface area (Å²) in [6.07, 6.45) is -3.28. The molecule has 0 atom stereocenters. The summed E-state index contributed by atoms with van der Waals surface area (Å²) in [6.45, 7) is 4.00. The van der Waals surface area contributed by atoms with Crippen LogP contribution in [-0.2, 0) is 6.18 Å². The summed E-state index contributed by atoms with van der Waals surface area (Å²) in [5.74, 6) is -0.747. The predicted molar refractivity (Wildman–Crippen MR) is 85.6 cm³/mol. The van der Waals surface area contributed by atoms with Gasteiger partial charge in [-0.2, -0.15) is 13.2 Å². The maximum atomic E-state index is 13.9. The molecule has 2 aromatic rings. The largest absolute Gasteiger partial charge is 0.433 e. The van der Waals surface area contributed by atoms with Gasteiger partial charge in [-0.1, -0.05) is 41.5 Å². The Balaban J connectivity index is 0.00000127. The molecule has 1 heterocycles. The van der Waals surface area contributed by atoms with Gasteiger partial charge in [-0.3, -0.25) is 9.36 Å². The molecule has 23 heavy (non-hydrogen) atoms. The highest BCUT2D eigenvalue weighted by Crippen LogP contribution is 2.29. The Bertz CT molecular complexity index is 747. The van der Waals surface area contributed by atoms with E-state index in [0.717, 1.165) is 22.4 Å². The van der Waals surface area contributed by atoms with E-state index in [2.05, 4.69) is 20.9 Å². The molecule has 0 N–H and O–H groups in total. The zero-order valence-electron chi connectivity index (χ0n) is 12.4. The van der Waals surface area contributed by atoms with Crippen LogP contribution < -0.4 is 5.56 Å². The summed E-state index contributed by atoms with van der Waals surface area (Å²) in [5.41, 5.74) is -2.46. The number of benzene rings is 1. The summed E-state index contributed by atoms with van der Waals surface area (Å²) < 4.78 is 53.1. The van der Waals surface area contributed by atoms with E-state index in [9.17, 15) is 22.4 Å². The van der Waals surface area contributed by atoms with Crippen LogP contribution in [0.3, 0.4) is 0 Å². The van der Waals surface area contributed by atoms with Gasteiger partial charge in [-0.15, -0.1) is 0 Å². The fourth-order valence-electron chi connectivity index (χ4n) is 1.63. The number of thioether (sulfide) groups is 1. The van der Waals surface area contributed by atoms with Crippen molar-refractivity contribution in [3.8, 4) is 5.69 Å². The van der Waals surface area contributed by atoms with Crippen molar-refractivity contribution in [1.29, 1.82) is 0 Å². The van der Waals surface area contributed by atoms with E-state index in [1.165, 1.54) is 18.4 Å². The molecule has 0 spiro atoms. The van der Waals surface area contributed by atoms with Crippen LogP contribution in [0.5, 0.6) is 0 Å². The standard InChI is InChI=1S/C12H7BrF4N2OS.C2H6/c1-21-11-18-9(12(15,16)17)5-10(20)19(11)8-3-2-6(13)4-7(8)14;1-2/h2-5H,1H3;1-2H3. The molecular formula is C14H13BrF4N2OS. The maximum Gasteiger partial charge on any atom is 0.433 e. The molecule has 2 rings (SSSR count). The van der Waals surface area contributed by atoms with Crippen LogP contribution in [-0.4, -0.2) is 15.8 Å². The molecule has 0 unspecified atom stereocenters. The Morgan fingerprint density at radius 1 is 1.22 bits per heavy atom. The van der Waals surface area contributed by atoms with Crippen molar-refractivity contribution < 1.29 is 17.6 Å². The fourth-order valence-corrected chi connectivity index (χ4v) is 2.52. The second kappa shape index (κ2) is 7.96. The van der Waals surface area contributed by atoms with Gasteiger partial charge in [-0.05, 0) is 24.5 Å². The molecule has 0 aliphatic rings. The number of aromatic nitrogens is 2. The van der Waals surface area contributed by atoms with E-state index in [1.807, 2.05) is 13.8 Å². The van der Waals surface area contributed by atoms with E-state index >= 15 is 0 Å². The Labute approximate surface area is 142 Å². The Kier molecular flexibility index (Phi) is 6.82. The molecule has 1 aromatic carbocycles. The molecule has 0 aliphatic heterocycles. The molecule has 3 nitrogen and oxygen atoms in total. The van der Waals surface area contributed by atoms with Gasteiger partial charge < -0.3 is 0 Å². The molecule has 0 saturated carbocycles. The molecule has 0 saturated heterocycles. The van der Waals surface area contributed by atoms with Crippen molar-refractivity contribution in [2.24, 2.45) is 0 Å². The average molecular weight is 413 g/mol. The topological polar surface area (TPSA) is 34.9 Å². The first kappa shape index (κ1) is 19.7. The molecule has 9 heteroatoms. The highest BCUT2D eigenvalue weighted by Gasteiger charge is 2.34.